The molecule has 0 aliphatic rings. The second kappa shape index (κ2) is 10.2. The van der Waals surface area contributed by atoms with Gasteiger partial charge in [0.05, 0.1) is 0 Å². The summed E-state index contributed by atoms with van der Waals surface area (Å²) in [6, 6.07) is 14.8. The van der Waals surface area contributed by atoms with Crippen molar-refractivity contribution in [2.45, 2.75) is 43.3 Å². The van der Waals surface area contributed by atoms with Crippen LogP contribution < -0.4 is 0 Å². The molecule has 30 heavy (non-hydrogen) atoms. The van der Waals surface area contributed by atoms with Crippen LogP contribution in [-0.4, -0.2) is 22.8 Å². The van der Waals surface area contributed by atoms with Gasteiger partial charge in [0.1, 0.15) is 5.82 Å². The number of benzene rings is 2. The molecule has 2 aromatic carbocycles. The summed E-state index contributed by atoms with van der Waals surface area (Å²) >= 11 is 3.43. The smallest absolute Gasteiger partial charge is 0.303 e. The second-order valence-electron chi connectivity index (χ2n) is 7.22. The number of halogens is 1. The molecular formula is C24H25FO3S2. The van der Waals surface area contributed by atoms with Gasteiger partial charge in [-0.25, -0.2) is 4.39 Å². The minimum Gasteiger partial charge on any atom is -0.481 e. The van der Waals surface area contributed by atoms with E-state index in [1.54, 1.807) is 35.2 Å². The van der Waals surface area contributed by atoms with Gasteiger partial charge in [-0.05, 0) is 79.3 Å². The maximum Gasteiger partial charge on any atom is 0.303 e. The van der Waals surface area contributed by atoms with Crippen molar-refractivity contribution in [3.8, 4) is 10.4 Å². The van der Waals surface area contributed by atoms with Crippen molar-refractivity contribution < 1.29 is 19.4 Å². The van der Waals surface area contributed by atoms with Gasteiger partial charge in [-0.2, -0.15) is 0 Å². The topological polar surface area (TPSA) is 57.5 Å². The maximum atomic E-state index is 13.3. The van der Waals surface area contributed by atoms with Crippen molar-refractivity contribution in [1.29, 1.82) is 0 Å². The third-order valence-corrected chi connectivity index (χ3v) is 7.63. The number of thiophene rings is 1. The van der Waals surface area contributed by atoms with E-state index < -0.39 is 5.97 Å². The Balaban J connectivity index is 1.80. The molecule has 0 amide bonds. The summed E-state index contributed by atoms with van der Waals surface area (Å²) in [5.41, 5.74) is 4.26. The summed E-state index contributed by atoms with van der Waals surface area (Å²) in [4.78, 5) is 14.2. The Morgan fingerprint density at radius 1 is 1.10 bits per heavy atom. The van der Waals surface area contributed by atoms with Crippen LogP contribution in [0.5, 0.6) is 0 Å². The molecule has 1 heterocycles. The normalized spacial score (nSPS) is 12.1. The van der Waals surface area contributed by atoms with Crippen LogP contribution in [0.15, 0.2) is 53.4 Å². The highest BCUT2D eigenvalue weighted by Crippen LogP contribution is 2.43. The molecule has 0 bridgehead atoms. The van der Waals surface area contributed by atoms with Crippen LogP contribution in [0.1, 0.15) is 40.2 Å². The standard InChI is InChI=1S/C24H25FO3S2/c1-15-13-21(9-5-17(15)6-10-23(27)28)29-16(2)24-19(11-12-26)14-22(30-24)18-3-7-20(25)8-4-18/h3-5,7-9,13-14,16,26H,6,10-12H2,1-2H3,(H,27,28). The van der Waals surface area contributed by atoms with Crippen LogP contribution in [-0.2, 0) is 17.6 Å². The van der Waals surface area contributed by atoms with Crippen molar-refractivity contribution in [3.05, 3.63) is 75.9 Å². The van der Waals surface area contributed by atoms with Gasteiger partial charge in [-0.15, -0.1) is 23.1 Å². The van der Waals surface area contributed by atoms with Crippen LogP contribution in [0.3, 0.4) is 0 Å². The van der Waals surface area contributed by atoms with Gasteiger partial charge in [-0.1, -0.05) is 18.2 Å². The number of hydrogen-bond donors (Lipinski definition) is 2. The number of rotatable bonds is 9. The molecule has 0 aliphatic carbocycles. The second-order valence-corrected chi connectivity index (χ2v) is 9.72. The number of carboxylic acids is 1. The van der Waals surface area contributed by atoms with Crippen molar-refractivity contribution in [3.63, 3.8) is 0 Å². The van der Waals surface area contributed by atoms with Crippen LogP contribution in [0.2, 0.25) is 0 Å². The first-order chi connectivity index (χ1) is 14.4. The zero-order valence-corrected chi connectivity index (χ0v) is 18.7. The Bertz CT molecular complexity index is 1010. The molecule has 0 fully saturated rings. The molecule has 0 saturated carbocycles. The predicted octanol–water partition coefficient (Wildman–Crippen LogP) is 6.27. The van der Waals surface area contributed by atoms with Crippen molar-refractivity contribution in [2.24, 2.45) is 0 Å². The first-order valence-corrected chi connectivity index (χ1v) is 11.5. The van der Waals surface area contributed by atoms with E-state index in [2.05, 4.69) is 19.1 Å². The number of aliphatic carboxylic acids is 1. The number of hydrogen-bond acceptors (Lipinski definition) is 4. The third-order valence-electron chi connectivity index (χ3n) is 4.96. The number of aryl methyl sites for hydroxylation is 2. The minimum absolute atomic E-state index is 0.0847. The quantitative estimate of drug-likeness (QED) is 0.382. The number of thioether (sulfide) groups is 1. The highest BCUT2D eigenvalue weighted by atomic mass is 32.2. The van der Waals surface area contributed by atoms with Gasteiger partial charge in [0.15, 0.2) is 0 Å². The molecule has 1 aromatic heterocycles. The van der Waals surface area contributed by atoms with Crippen LogP contribution in [0.4, 0.5) is 4.39 Å². The predicted molar refractivity (Wildman–Crippen MR) is 122 cm³/mol. The molecule has 0 aliphatic heterocycles. The Morgan fingerprint density at radius 2 is 1.83 bits per heavy atom. The molecule has 0 saturated heterocycles. The lowest BCUT2D eigenvalue weighted by Crippen LogP contribution is -1.99. The molecule has 3 aromatic rings. The molecule has 2 N–H and O–H groups in total. The Labute approximate surface area is 184 Å². The van der Waals surface area contributed by atoms with E-state index in [1.807, 2.05) is 19.1 Å². The van der Waals surface area contributed by atoms with Crippen LogP contribution in [0.25, 0.3) is 10.4 Å². The molecule has 3 rings (SSSR count). The number of carboxylic acid groups (broad SMARTS) is 1. The summed E-state index contributed by atoms with van der Waals surface area (Å²) in [5, 5.41) is 18.6. The summed E-state index contributed by atoms with van der Waals surface area (Å²) in [7, 11) is 0. The SMILES string of the molecule is Cc1cc(SC(C)c2sc(-c3ccc(F)cc3)cc2CCO)ccc1CCC(=O)O. The Hall–Kier alpha value is -2.15. The lowest BCUT2D eigenvalue weighted by molar-refractivity contribution is -0.136. The molecular weight excluding hydrogens is 419 g/mol. The van der Waals surface area contributed by atoms with E-state index in [9.17, 15) is 14.3 Å². The minimum atomic E-state index is -0.785. The molecule has 6 heteroatoms. The van der Waals surface area contributed by atoms with E-state index in [4.69, 9.17) is 5.11 Å². The average molecular weight is 445 g/mol. The van der Waals surface area contributed by atoms with E-state index in [0.29, 0.717) is 12.8 Å². The van der Waals surface area contributed by atoms with Crippen molar-refractivity contribution >= 4 is 29.1 Å². The highest BCUT2D eigenvalue weighted by molar-refractivity contribution is 7.99. The number of carbonyl (C=O) groups is 1. The van der Waals surface area contributed by atoms with Gasteiger partial charge in [0, 0.05) is 32.9 Å². The van der Waals surface area contributed by atoms with E-state index in [1.165, 1.54) is 17.0 Å². The summed E-state index contributed by atoms with van der Waals surface area (Å²) in [6.45, 7) is 4.25. The van der Waals surface area contributed by atoms with Crippen molar-refractivity contribution in [1.82, 2.24) is 0 Å². The van der Waals surface area contributed by atoms with E-state index >= 15 is 0 Å². The van der Waals surface area contributed by atoms with Crippen LogP contribution >= 0.6 is 23.1 Å². The van der Waals surface area contributed by atoms with Gasteiger partial charge < -0.3 is 10.2 Å². The van der Waals surface area contributed by atoms with Gasteiger partial charge in [0.25, 0.3) is 0 Å². The average Bonchev–Trinajstić information content (AvgIpc) is 3.12. The molecule has 3 nitrogen and oxygen atoms in total. The molecule has 1 unspecified atom stereocenters. The lowest BCUT2D eigenvalue weighted by Gasteiger charge is -2.14. The first kappa shape index (κ1) is 22.5. The largest absolute Gasteiger partial charge is 0.481 e. The van der Waals surface area contributed by atoms with Crippen LogP contribution in [0, 0.1) is 12.7 Å². The summed E-state index contributed by atoms with van der Waals surface area (Å²) in [6.07, 6.45) is 1.26. The molecule has 1 atom stereocenters. The molecule has 0 radical (unpaired) electrons. The summed E-state index contributed by atoms with van der Waals surface area (Å²) in [5.74, 6) is -1.04. The Morgan fingerprint density at radius 3 is 2.47 bits per heavy atom. The fourth-order valence-electron chi connectivity index (χ4n) is 3.38. The zero-order valence-electron chi connectivity index (χ0n) is 17.0. The number of aliphatic hydroxyl groups is 1. The maximum absolute atomic E-state index is 13.3. The molecule has 158 valence electrons. The monoisotopic (exact) mass is 444 g/mol. The first-order valence-electron chi connectivity index (χ1n) is 9.84. The van der Waals surface area contributed by atoms with Gasteiger partial charge in [0.2, 0.25) is 0 Å². The van der Waals surface area contributed by atoms with E-state index in [-0.39, 0.29) is 24.1 Å². The molecule has 0 spiro atoms. The third kappa shape index (κ3) is 5.72. The fraction of sp³-hybridized carbons (Fsp3) is 0.292. The Kier molecular flexibility index (Phi) is 7.69. The van der Waals surface area contributed by atoms with Gasteiger partial charge >= 0.3 is 5.97 Å². The zero-order chi connectivity index (χ0) is 21.7. The number of aliphatic hydroxyl groups excluding tert-OH is 1. The van der Waals surface area contributed by atoms with Gasteiger partial charge in [-0.3, -0.25) is 4.79 Å². The highest BCUT2D eigenvalue weighted by Gasteiger charge is 2.18. The van der Waals surface area contributed by atoms with E-state index in [0.717, 1.165) is 32.0 Å². The van der Waals surface area contributed by atoms with Crippen molar-refractivity contribution in [2.75, 3.05) is 6.61 Å². The fourth-order valence-corrected chi connectivity index (χ4v) is 5.88. The lowest BCUT2D eigenvalue weighted by atomic mass is 10.0. The summed E-state index contributed by atoms with van der Waals surface area (Å²) < 4.78 is 13.3.